The Bertz CT molecular complexity index is 1660. The highest BCUT2D eigenvalue weighted by Crippen LogP contribution is 2.31. The Morgan fingerprint density at radius 2 is 1.62 bits per heavy atom. The third kappa shape index (κ3) is 3.79. The molecule has 170 valence electrons. The first-order chi connectivity index (χ1) is 16.3. The average molecular weight is 508 g/mol. The summed E-state index contributed by atoms with van der Waals surface area (Å²) < 4.78 is 10.8. The molecule has 34 heavy (non-hydrogen) atoms. The SMILES string of the molecule is Cc1c(-n2c(=O)cc(-c3ccc(-c4ccc(Cl)cc4)o3)sc2=S)c(=O)n(-c2ccccc2)n1C. The second-order valence-electron chi connectivity index (χ2n) is 7.63. The molecular formula is C25H18ClN3O3S2. The van der Waals surface area contributed by atoms with Crippen LogP contribution in [0.1, 0.15) is 5.69 Å². The van der Waals surface area contributed by atoms with Crippen LogP contribution >= 0.6 is 35.2 Å². The number of hydrogen-bond acceptors (Lipinski definition) is 5. The first-order valence-corrected chi connectivity index (χ1v) is 11.9. The molecule has 6 nitrogen and oxygen atoms in total. The van der Waals surface area contributed by atoms with Crippen molar-refractivity contribution in [1.29, 1.82) is 0 Å². The average Bonchev–Trinajstić information content (AvgIpc) is 3.39. The second kappa shape index (κ2) is 8.72. The summed E-state index contributed by atoms with van der Waals surface area (Å²) in [5.41, 5.74) is 1.73. The van der Waals surface area contributed by atoms with Crippen molar-refractivity contribution in [3.63, 3.8) is 0 Å². The summed E-state index contributed by atoms with van der Waals surface area (Å²) in [5.74, 6) is 1.18. The zero-order valence-electron chi connectivity index (χ0n) is 18.2. The number of nitrogens with zero attached hydrogens (tertiary/aromatic N) is 3. The maximum Gasteiger partial charge on any atom is 0.296 e. The van der Waals surface area contributed by atoms with E-state index in [1.165, 1.54) is 26.7 Å². The van der Waals surface area contributed by atoms with Crippen molar-refractivity contribution in [2.75, 3.05) is 0 Å². The number of rotatable bonds is 4. The van der Waals surface area contributed by atoms with Crippen LogP contribution in [-0.2, 0) is 7.05 Å². The molecule has 5 aromatic rings. The lowest BCUT2D eigenvalue weighted by Gasteiger charge is -2.07. The summed E-state index contributed by atoms with van der Waals surface area (Å²) in [6.07, 6.45) is 0. The molecule has 0 spiro atoms. The largest absolute Gasteiger partial charge is 0.455 e. The molecule has 0 amide bonds. The van der Waals surface area contributed by atoms with E-state index in [2.05, 4.69) is 0 Å². The van der Waals surface area contributed by atoms with Crippen LogP contribution in [0.2, 0.25) is 5.02 Å². The lowest BCUT2D eigenvalue weighted by Crippen LogP contribution is -2.26. The van der Waals surface area contributed by atoms with Crippen LogP contribution < -0.4 is 11.1 Å². The molecule has 0 aliphatic heterocycles. The first kappa shape index (κ1) is 22.3. The Morgan fingerprint density at radius 3 is 2.29 bits per heavy atom. The van der Waals surface area contributed by atoms with Crippen molar-refractivity contribution in [2.24, 2.45) is 7.05 Å². The van der Waals surface area contributed by atoms with E-state index in [0.717, 1.165) is 5.56 Å². The monoisotopic (exact) mass is 507 g/mol. The fraction of sp³-hybridized carbons (Fsp3) is 0.0800. The van der Waals surface area contributed by atoms with Crippen LogP contribution in [0.5, 0.6) is 0 Å². The van der Waals surface area contributed by atoms with Gasteiger partial charge in [0, 0.05) is 23.7 Å². The highest BCUT2D eigenvalue weighted by molar-refractivity contribution is 7.73. The van der Waals surface area contributed by atoms with Gasteiger partial charge >= 0.3 is 0 Å². The molecule has 0 aliphatic carbocycles. The van der Waals surface area contributed by atoms with Gasteiger partial charge in [0.05, 0.1) is 16.3 Å². The molecule has 0 saturated heterocycles. The van der Waals surface area contributed by atoms with Gasteiger partial charge in [0.2, 0.25) is 0 Å². The van der Waals surface area contributed by atoms with Gasteiger partial charge in [0.15, 0.2) is 3.95 Å². The minimum Gasteiger partial charge on any atom is -0.455 e. The maximum absolute atomic E-state index is 13.4. The highest BCUT2D eigenvalue weighted by Gasteiger charge is 2.21. The van der Waals surface area contributed by atoms with Crippen molar-refractivity contribution in [3.8, 4) is 33.3 Å². The first-order valence-electron chi connectivity index (χ1n) is 10.3. The summed E-state index contributed by atoms with van der Waals surface area (Å²) in [7, 11) is 1.78. The van der Waals surface area contributed by atoms with Gasteiger partial charge in [-0.1, -0.05) is 29.8 Å². The summed E-state index contributed by atoms with van der Waals surface area (Å²) in [5, 5.41) is 0.639. The molecular weight excluding hydrogens is 490 g/mol. The standard InChI is InChI=1S/C25H18ClN3O3S2/c1-15-23(24(31)29(27(15)2)18-6-4-3-5-7-18)28-22(30)14-21(34-25(28)33)20-13-12-19(32-20)16-8-10-17(26)11-9-16/h3-14H,1-2H3. The van der Waals surface area contributed by atoms with Crippen molar-refractivity contribution < 1.29 is 4.42 Å². The van der Waals surface area contributed by atoms with Gasteiger partial charge in [-0.2, -0.15) is 0 Å². The Kier molecular flexibility index (Phi) is 5.73. The number of hydrogen-bond donors (Lipinski definition) is 0. The van der Waals surface area contributed by atoms with E-state index < -0.39 is 5.56 Å². The van der Waals surface area contributed by atoms with E-state index in [4.69, 9.17) is 28.2 Å². The van der Waals surface area contributed by atoms with E-state index in [1.807, 2.05) is 48.5 Å². The van der Waals surface area contributed by atoms with Gasteiger partial charge in [0.1, 0.15) is 17.2 Å². The van der Waals surface area contributed by atoms with Crippen molar-refractivity contribution in [1.82, 2.24) is 13.9 Å². The lowest BCUT2D eigenvalue weighted by atomic mass is 10.2. The molecule has 0 atom stereocenters. The molecule has 0 bridgehead atoms. The third-order valence-electron chi connectivity index (χ3n) is 5.58. The van der Waals surface area contributed by atoms with Crippen LogP contribution in [0.4, 0.5) is 0 Å². The van der Waals surface area contributed by atoms with E-state index in [1.54, 1.807) is 36.9 Å². The maximum atomic E-state index is 13.4. The quantitative estimate of drug-likeness (QED) is 0.280. The number of furan rings is 1. The second-order valence-corrected chi connectivity index (χ2v) is 9.74. The summed E-state index contributed by atoms with van der Waals surface area (Å²) in [6.45, 7) is 1.79. The molecule has 0 N–H and O–H groups in total. The van der Waals surface area contributed by atoms with Gasteiger partial charge in [-0.05, 0) is 67.7 Å². The number of para-hydroxylation sites is 1. The van der Waals surface area contributed by atoms with Crippen molar-refractivity contribution in [2.45, 2.75) is 6.92 Å². The summed E-state index contributed by atoms with van der Waals surface area (Å²) in [4.78, 5) is 27.2. The van der Waals surface area contributed by atoms with Crippen LogP contribution in [0.3, 0.4) is 0 Å². The molecule has 0 fully saturated rings. The molecule has 0 saturated carbocycles. The van der Waals surface area contributed by atoms with Crippen molar-refractivity contribution in [3.05, 3.63) is 108 Å². The fourth-order valence-electron chi connectivity index (χ4n) is 3.81. The van der Waals surface area contributed by atoms with Crippen LogP contribution in [0.25, 0.3) is 33.3 Å². The predicted molar refractivity (Wildman–Crippen MR) is 138 cm³/mol. The third-order valence-corrected chi connectivity index (χ3v) is 7.16. The Hall–Kier alpha value is -3.46. The highest BCUT2D eigenvalue weighted by atomic mass is 35.5. The minimum absolute atomic E-state index is 0.241. The molecule has 3 aromatic heterocycles. The zero-order chi connectivity index (χ0) is 24.0. The number of benzene rings is 2. The molecule has 2 aromatic carbocycles. The van der Waals surface area contributed by atoms with E-state index >= 15 is 0 Å². The lowest BCUT2D eigenvalue weighted by molar-refractivity contribution is 0.598. The summed E-state index contributed by atoms with van der Waals surface area (Å²) >= 11 is 12.8. The van der Waals surface area contributed by atoms with E-state index in [9.17, 15) is 9.59 Å². The van der Waals surface area contributed by atoms with Gasteiger partial charge < -0.3 is 4.42 Å². The molecule has 0 radical (unpaired) electrons. The molecule has 9 heteroatoms. The Morgan fingerprint density at radius 1 is 0.941 bits per heavy atom. The molecule has 0 aliphatic rings. The molecule has 5 rings (SSSR count). The Labute approximate surface area is 208 Å². The van der Waals surface area contributed by atoms with E-state index in [0.29, 0.717) is 32.8 Å². The zero-order valence-corrected chi connectivity index (χ0v) is 20.6. The fourth-order valence-corrected chi connectivity index (χ4v) is 5.22. The topological polar surface area (TPSA) is 62.1 Å². The smallest absolute Gasteiger partial charge is 0.296 e. The predicted octanol–water partition coefficient (Wildman–Crippen LogP) is 6.01. The minimum atomic E-state index is -0.394. The Balaban J connectivity index is 1.60. The van der Waals surface area contributed by atoms with Crippen molar-refractivity contribution >= 4 is 35.2 Å². The van der Waals surface area contributed by atoms with Crippen LogP contribution in [-0.4, -0.2) is 13.9 Å². The number of halogens is 1. The van der Waals surface area contributed by atoms with Crippen LogP contribution in [0, 0.1) is 10.9 Å². The number of aromatic nitrogens is 3. The normalized spacial score (nSPS) is 11.1. The van der Waals surface area contributed by atoms with Crippen LogP contribution in [0.15, 0.2) is 86.8 Å². The van der Waals surface area contributed by atoms with Gasteiger partial charge in [-0.15, -0.1) is 11.3 Å². The summed E-state index contributed by atoms with van der Waals surface area (Å²) in [6, 6.07) is 21.6. The van der Waals surface area contributed by atoms with E-state index in [-0.39, 0.29) is 15.2 Å². The van der Waals surface area contributed by atoms with Gasteiger partial charge in [-0.3, -0.25) is 18.8 Å². The van der Waals surface area contributed by atoms with Gasteiger partial charge in [0.25, 0.3) is 11.1 Å². The molecule has 3 heterocycles. The molecule has 0 unspecified atom stereocenters. The van der Waals surface area contributed by atoms with Gasteiger partial charge in [-0.25, -0.2) is 4.68 Å².